The standard InChI is InChI=1S/C13H13FN2O5/c14-6-11(18)10(5-12(19)20)16-13(21)8-1-3-9(4-2-8)15-7-17/h1-4,7,10H,5-6H2,(H,15,17)(H,16,21)(H,19,20). The molecule has 21 heavy (non-hydrogen) atoms. The minimum Gasteiger partial charge on any atom is -0.481 e. The Bertz CT molecular complexity index is 544. The lowest BCUT2D eigenvalue weighted by atomic mass is 10.1. The topological polar surface area (TPSA) is 113 Å². The van der Waals surface area contributed by atoms with Gasteiger partial charge in [-0.25, -0.2) is 4.39 Å². The van der Waals surface area contributed by atoms with Crippen molar-refractivity contribution in [1.29, 1.82) is 0 Å². The number of nitrogens with one attached hydrogen (secondary N) is 2. The summed E-state index contributed by atoms with van der Waals surface area (Å²) in [6.07, 6.45) is -0.225. The van der Waals surface area contributed by atoms with Crippen molar-refractivity contribution in [3.8, 4) is 0 Å². The smallest absolute Gasteiger partial charge is 0.305 e. The number of anilines is 1. The molecule has 0 bridgehead atoms. The molecule has 0 spiro atoms. The molecule has 2 amide bonds. The van der Waals surface area contributed by atoms with Gasteiger partial charge in [0.2, 0.25) is 6.41 Å². The molecule has 0 aliphatic rings. The number of benzene rings is 1. The zero-order valence-corrected chi connectivity index (χ0v) is 10.8. The number of hydrogen-bond donors (Lipinski definition) is 3. The van der Waals surface area contributed by atoms with Gasteiger partial charge in [0.15, 0.2) is 5.78 Å². The number of rotatable bonds is 8. The van der Waals surface area contributed by atoms with Crippen LogP contribution in [0.2, 0.25) is 0 Å². The van der Waals surface area contributed by atoms with Crippen molar-refractivity contribution in [1.82, 2.24) is 5.32 Å². The van der Waals surface area contributed by atoms with Crippen LogP contribution < -0.4 is 10.6 Å². The van der Waals surface area contributed by atoms with Crippen LogP contribution >= 0.6 is 0 Å². The number of aliphatic carboxylic acids is 1. The first-order valence-electron chi connectivity index (χ1n) is 5.89. The fraction of sp³-hybridized carbons (Fsp3) is 0.231. The van der Waals surface area contributed by atoms with Gasteiger partial charge in [-0.15, -0.1) is 0 Å². The highest BCUT2D eigenvalue weighted by molar-refractivity contribution is 5.99. The average molecular weight is 296 g/mol. The summed E-state index contributed by atoms with van der Waals surface area (Å²) in [5.41, 5.74) is 0.608. The predicted molar refractivity (Wildman–Crippen MR) is 70.6 cm³/mol. The maximum atomic E-state index is 12.3. The van der Waals surface area contributed by atoms with E-state index < -0.39 is 36.8 Å². The minimum absolute atomic E-state index is 0.147. The molecule has 1 atom stereocenters. The van der Waals surface area contributed by atoms with Gasteiger partial charge in [0.05, 0.1) is 6.42 Å². The molecule has 0 aliphatic carbocycles. The van der Waals surface area contributed by atoms with Gasteiger partial charge in [-0.05, 0) is 24.3 Å². The lowest BCUT2D eigenvalue weighted by Crippen LogP contribution is -2.43. The first-order valence-corrected chi connectivity index (χ1v) is 5.89. The lowest BCUT2D eigenvalue weighted by molar-refractivity contribution is -0.139. The van der Waals surface area contributed by atoms with Gasteiger partial charge in [0, 0.05) is 11.3 Å². The van der Waals surface area contributed by atoms with Crippen molar-refractivity contribution in [3.05, 3.63) is 29.8 Å². The number of amides is 2. The summed E-state index contributed by atoms with van der Waals surface area (Å²) in [6, 6.07) is 4.23. The molecule has 0 saturated heterocycles. The summed E-state index contributed by atoms with van der Waals surface area (Å²) in [4.78, 5) is 43.9. The van der Waals surface area contributed by atoms with Crippen LogP contribution in [0, 0.1) is 0 Å². The highest BCUT2D eigenvalue weighted by Gasteiger charge is 2.23. The number of Topliss-reactive ketones (excluding diaryl/α,β-unsaturated/α-hetero) is 1. The van der Waals surface area contributed by atoms with Gasteiger partial charge in [-0.3, -0.25) is 19.2 Å². The van der Waals surface area contributed by atoms with Crippen molar-refractivity contribution in [3.63, 3.8) is 0 Å². The third-order valence-electron chi connectivity index (χ3n) is 2.58. The van der Waals surface area contributed by atoms with Gasteiger partial charge >= 0.3 is 5.97 Å². The number of hydrogen-bond acceptors (Lipinski definition) is 4. The van der Waals surface area contributed by atoms with Gasteiger partial charge < -0.3 is 15.7 Å². The fourth-order valence-electron chi connectivity index (χ4n) is 1.54. The van der Waals surface area contributed by atoms with Gasteiger partial charge in [0.1, 0.15) is 12.7 Å². The van der Waals surface area contributed by atoms with E-state index in [0.29, 0.717) is 12.1 Å². The zero-order chi connectivity index (χ0) is 15.8. The highest BCUT2D eigenvalue weighted by Crippen LogP contribution is 2.09. The number of carbonyl (C=O) groups is 4. The summed E-state index contributed by atoms with van der Waals surface area (Å²) < 4.78 is 12.3. The number of carboxylic acid groups (broad SMARTS) is 1. The molecule has 1 rings (SSSR count). The summed E-state index contributed by atoms with van der Waals surface area (Å²) in [5, 5.41) is 13.2. The van der Waals surface area contributed by atoms with Crippen molar-refractivity contribution in [2.24, 2.45) is 0 Å². The zero-order valence-electron chi connectivity index (χ0n) is 10.8. The number of carboxylic acids is 1. The van der Waals surface area contributed by atoms with E-state index in [1.54, 1.807) is 0 Å². The molecular formula is C13H13FN2O5. The maximum Gasteiger partial charge on any atom is 0.305 e. The number of alkyl halides is 1. The molecule has 112 valence electrons. The molecule has 0 fully saturated rings. The first kappa shape index (κ1) is 16.3. The SMILES string of the molecule is O=CNc1ccc(C(=O)NC(CC(=O)O)C(=O)CF)cc1. The van der Waals surface area contributed by atoms with Crippen LogP contribution in [0.5, 0.6) is 0 Å². The molecule has 1 aromatic carbocycles. The van der Waals surface area contributed by atoms with E-state index in [1.165, 1.54) is 24.3 Å². The van der Waals surface area contributed by atoms with Crippen LogP contribution in [0.4, 0.5) is 10.1 Å². The second-order valence-electron chi connectivity index (χ2n) is 4.06. The van der Waals surface area contributed by atoms with E-state index in [-0.39, 0.29) is 5.56 Å². The second-order valence-corrected chi connectivity index (χ2v) is 4.06. The maximum absolute atomic E-state index is 12.3. The third-order valence-corrected chi connectivity index (χ3v) is 2.58. The molecule has 0 heterocycles. The molecule has 0 saturated carbocycles. The molecule has 0 aliphatic heterocycles. The number of halogens is 1. The van der Waals surface area contributed by atoms with Crippen LogP contribution in [0.25, 0.3) is 0 Å². The molecule has 7 nitrogen and oxygen atoms in total. The van der Waals surface area contributed by atoms with E-state index in [2.05, 4.69) is 10.6 Å². The summed E-state index contributed by atoms with van der Waals surface area (Å²) >= 11 is 0. The van der Waals surface area contributed by atoms with Crippen molar-refractivity contribution < 1.29 is 28.7 Å². The average Bonchev–Trinajstić information content (AvgIpc) is 2.46. The first-order chi connectivity index (χ1) is 9.97. The fourth-order valence-corrected chi connectivity index (χ4v) is 1.54. The Balaban J connectivity index is 2.78. The van der Waals surface area contributed by atoms with Gasteiger partial charge in [-0.1, -0.05) is 0 Å². The van der Waals surface area contributed by atoms with E-state index >= 15 is 0 Å². The Morgan fingerprint density at radius 3 is 2.33 bits per heavy atom. The Morgan fingerprint density at radius 2 is 1.86 bits per heavy atom. The van der Waals surface area contributed by atoms with Crippen molar-refractivity contribution in [2.75, 3.05) is 12.0 Å². The Kier molecular flexibility index (Phi) is 5.99. The van der Waals surface area contributed by atoms with Gasteiger partial charge in [-0.2, -0.15) is 0 Å². The Morgan fingerprint density at radius 1 is 1.24 bits per heavy atom. The lowest BCUT2D eigenvalue weighted by Gasteiger charge is -2.14. The summed E-state index contributed by atoms with van der Waals surface area (Å²) in [5.74, 6) is -3.04. The van der Waals surface area contributed by atoms with Crippen molar-refractivity contribution in [2.45, 2.75) is 12.5 Å². The molecule has 1 unspecified atom stereocenters. The van der Waals surface area contributed by atoms with E-state index in [0.717, 1.165) is 0 Å². The van der Waals surface area contributed by atoms with E-state index in [4.69, 9.17) is 5.11 Å². The Hall–Kier alpha value is -2.77. The quantitative estimate of drug-likeness (QED) is 0.600. The molecule has 3 N–H and O–H groups in total. The predicted octanol–water partition coefficient (Wildman–Crippen LogP) is 0.367. The normalized spacial score (nSPS) is 11.3. The summed E-state index contributed by atoms with van der Waals surface area (Å²) in [6.45, 7) is -1.36. The van der Waals surface area contributed by atoms with E-state index in [9.17, 15) is 23.6 Å². The monoisotopic (exact) mass is 296 g/mol. The van der Waals surface area contributed by atoms with Crippen LogP contribution in [0.1, 0.15) is 16.8 Å². The highest BCUT2D eigenvalue weighted by atomic mass is 19.1. The van der Waals surface area contributed by atoms with Crippen molar-refractivity contribution >= 4 is 29.8 Å². The molecular weight excluding hydrogens is 283 g/mol. The largest absolute Gasteiger partial charge is 0.481 e. The Labute approximate surface area is 119 Å². The number of ketones is 1. The summed E-state index contributed by atoms with van der Waals surface area (Å²) in [7, 11) is 0. The van der Waals surface area contributed by atoms with Crippen LogP contribution in [-0.2, 0) is 14.4 Å². The second kappa shape index (κ2) is 7.73. The van der Waals surface area contributed by atoms with Gasteiger partial charge in [0.25, 0.3) is 5.91 Å². The van der Waals surface area contributed by atoms with Crippen LogP contribution in [0.3, 0.4) is 0 Å². The minimum atomic E-state index is -1.42. The molecule has 0 radical (unpaired) electrons. The van der Waals surface area contributed by atoms with E-state index in [1.807, 2.05) is 0 Å². The molecule has 1 aromatic rings. The third kappa shape index (κ3) is 5.01. The molecule has 0 aromatic heterocycles. The van der Waals surface area contributed by atoms with Crippen LogP contribution in [-0.4, -0.2) is 41.9 Å². The van der Waals surface area contributed by atoms with Crippen LogP contribution in [0.15, 0.2) is 24.3 Å². The molecule has 8 heteroatoms. The number of carbonyl (C=O) groups excluding carboxylic acids is 3.